The molecule has 1 aromatic rings. The molecule has 0 aromatic carbocycles. The molecule has 1 fully saturated rings. The molecule has 1 aromatic heterocycles. The Hall–Kier alpha value is -1.02. The fourth-order valence-electron chi connectivity index (χ4n) is 2.72. The van der Waals surface area contributed by atoms with Crippen molar-refractivity contribution in [3.05, 3.63) is 10.6 Å². The Morgan fingerprint density at radius 1 is 1.62 bits per heavy atom. The third-order valence-electron chi connectivity index (χ3n) is 3.93. The molecule has 21 heavy (non-hydrogen) atoms. The lowest BCUT2D eigenvalue weighted by Gasteiger charge is -2.23. The van der Waals surface area contributed by atoms with Crippen LogP contribution in [-0.2, 0) is 22.5 Å². The van der Waals surface area contributed by atoms with Crippen LogP contribution in [0.5, 0.6) is 0 Å². The number of anilines is 1. The van der Waals surface area contributed by atoms with Gasteiger partial charge in [0.1, 0.15) is 0 Å². The number of thiazole rings is 1. The van der Waals surface area contributed by atoms with Crippen molar-refractivity contribution in [3.8, 4) is 0 Å². The largest absolute Gasteiger partial charge is 0.378 e. The Bertz CT molecular complexity index is 499. The molecule has 2 aliphatic heterocycles. The summed E-state index contributed by atoms with van der Waals surface area (Å²) in [5, 5.41) is 6.96. The number of hydrogen-bond donors (Lipinski definition) is 2. The van der Waals surface area contributed by atoms with Gasteiger partial charge in [-0.05, 0) is 6.54 Å². The van der Waals surface area contributed by atoms with Gasteiger partial charge in [-0.15, -0.1) is 11.3 Å². The summed E-state index contributed by atoms with van der Waals surface area (Å²) in [5.41, 5.74) is 1.15. The van der Waals surface area contributed by atoms with Gasteiger partial charge in [-0.1, -0.05) is 6.92 Å². The van der Waals surface area contributed by atoms with Crippen LogP contribution in [-0.4, -0.2) is 54.7 Å². The van der Waals surface area contributed by atoms with Gasteiger partial charge in [0.2, 0.25) is 5.91 Å². The number of fused-ring (bicyclic) bond motifs is 1. The van der Waals surface area contributed by atoms with Crippen LogP contribution in [0.15, 0.2) is 0 Å². The number of likely N-dealkylation sites (N-methyl/N-ethyl adjacent to an activating group) is 1. The number of morpholine rings is 1. The van der Waals surface area contributed by atoms with E-state index in [9.17, 15) is 4.79 Å². The highest BCUT2D eigenvalue weighted by atomic mass is 32.1. The molecule has 0 radical (unpaired) electrons. The van der Waals surface area contributed by atoms with Gasteiger partial charge in [-0.3, -0.25) is 9.69 Å². The Balaban J connectivity index is 1.55. The standard InChI is InChI=1S/C14H22N4O2S/c1-2-18-5-3-11-12(8-18)21-14(16-11)17-13(19)7-10-9-20-6-4-15-10/h10,15H,2-9H2,1H3,(H,16,17,19). The molecule has 1 saturated heterocycles. The van der Waals surface area contributed by atoms with Crippen LogP contribution < -0.4 is 10.6 Å². The van der Waals surface area contributed by atoms with E-state index in [2.05, 4.69) is 27.4 Å². The van der Waals surface area contributed by atoms with Crippen LogP contribution >= 0.6 is 11.3 Å². The van der Waals surface area contributed by atoms with Gasteiger partial charge in [0.05, 0.1) is 18.9 Å². The van der Waals surface area contributed by atoms with Gasteiger partial charge in [-0.25, -0.2) is 4.98 Å². The van der Waals surface area contributed by atoms with Gasteiger partial charge in [0.25, 0.3) is 0 Å². The number of carbonyl (C=O) groups is 1. The summed E-state index contributed by atoms with van der Waals surface area (Å²) >= 11 is 1.61. The monoisotopic (exact) mass is 310 g/mol. The van der Waals surface area contributed by atoms with E-state index < -0.39 is 0 Å². The van der Waals surface area contributed by atoms with Crippen molar-refractivity contribution in [1.82, 2.24) is 15.2 Å². The summed E-state index contributed by atoms with van der Waals surface area (Å²) in [4.78, 5) is 20.3. The molecular weight excluding hydrogens is 288 g/mol. The molecule has 6 nitrogen and oxygen atoms in total. The fraction of sp³-hybridized carbons (Fsp3) is 0.714. The molecule has 1 unspecified atom stereocenters. The highest BCUT2D eigenvalue weighted by Gasteiger charge is 2.21. The molecule has 0 bridgehead atoms. The molecule has 0 aliphatic carbocycles. The number of hydrogen-bond acceptors (Lipinski definition) is 6. The van der Waals surface area contributed by atoms with Crippen molar-refractivity contribution in [1.29, 1.82) is 0 Å². The minimum absolute atomic E-state index is 0.0106. The second-order valence-electron chi connectivity index (χ2n) is 5.49. The Morgan fingerprint density at radius 3 is 3.29 bits per heavy atom. The van der Waals surface area contributed by atoms with E-state index in [4.69, 9.17) is 4.74 Å². The maximum absolute atomic E-state index is 12.1. The average molecular weight is 310 g/mol. The van der Waals surface area contributed by atoms with Crippen LogP contribution in [0, 0.1) is 0 Å². The summed E-state index contributed by atoms with van der Waals surface area (Å²) in [6, 6.07) is 0.115. The van der Waals surface area contributed by atoms with Crippen LogP contribution in [0.25, 0.3) is 0 Å². The average Bonchev–Trinajstić information content (AvgIpc) is 2.89. The molecule has 3 rings (SSSR count). The first-order chi connectivity index (χ1) is 10.2. The van der Waals surface area contributed by atoms with Gasteiger partial charge in [-0.2, -0.15) is 0 Å². The number of nitrogens with one attached hydrogen (secondary N) is 2. The maximum atomic E-state index is 12.1. The summed E-state index contributed by atoms with van der Waals surface area (Å²) < 4.78 is 5.36. The second kappa shape index (κ2) is 6.83. The third kappa shape index (κ3) is 3.79. The number of nitrogens with zero attached hydrogens (tertiary/aromatic N) is 2. The van der Waals surface area contributed by atoms with Gasteiger partial charge in [0.15, 0.2) is 5.13 Å². The molecule has 1 amide bonds. The van der Waals surface area contributed by atoms with Crippen molar-refractivity contribution in [2.24, 2.45) is 0 Å². The van der Waals surface area contributed by atoms with Crippen molar-refractivity contribution < 1.29 is 9.53 Å². The van der Waals surface area contributed by atoms with Gasteiger partial charge >= 0.3 is 0 Å². The zero-order valence-corrected chi connectivity index (χ0v) is 13.2. The number of carbonyl (C=O) groups excluding carboxylic acids is 1. The molecule has 116 valence electrons. The molecule has 7 heteroatoms. The summed E-state index contributed by atoms with van der Waals surface area (Å²) in [6.07, 6.45) is 1.42. The van der Waals surface area contributed by atoms with Crippen molar-refractivity contribution in [2.75, 3.05) is 38.2 Å². The predicted molar refractivity (Wildman–Crippen MR) is 82.6 cm³/mol. The number of aromatic nitrogens is 1. The molecule has 2 aliphatic rings. The van der Waals surface area contributed by atoms with E-state index in [0.717, 1.165) is 50.0 Å². The van der Waals surface area contributed by atoms with Gasteiger partial charge in [0, 0.05) is 43.4 Å². The summed E-state index contributed by atoms with van der Waals surface area (Å²) in [6.45, 7) is 7.40. The molecule has 1 atom stereocenters. The summed E-state index contributed by atoms with van der Waals surface area (Å²) in [7, 11) is 0. The lowest BCUT2D eigenvalue weighted by Crippen LogP contribution is -2.43. The SMILES string of the molecule is CCN1CCc2nc(NC(=O)CC3COCCN3)sc2C1. The highest BCUT2D eigenvalue weighted by molar-refractivity contribution is 7.15. The third-order valence-corrected chi connectivity index (χ3v) is 4.93. The second-order valence-corrected chi connectivity index (χ2v) is 6.57. The lowest BCUT2D eigenvalue weighted by atomic mass is 10.2. The van der Waals surface area contributed by atoms with E-state index in [-0.39, 0.29) is 11.9 Å². The first kappa shape index (κ1) is 14.9. The molecular formula is C14H22N4O2S. The smallest absolute Gasteiger partial charge is 0.227 e. The van der Waals surface area contributed by atoms with E-state index in [1.165, 1.54) is 4.88 Å². The summed E-state index contributed by atoms with van der Waals surface area (Å²) in [5.74, 6) is 0.0106. The quantitative estimate of drug-likeness (QED) is 0.862. The number of ether oxygens (including phenoxy) is 1. The van der Waals surface area contributed by atoms with Crippen LogP contribution in [0.4, 0.5) is 5.13 Å². The van der Waals surface area contributed by atoms with Crippen molar-refractivity contribution >= 4 is 22.4 Å². The normalized spacial score (nSPS) is 22.8. The molecule has 0 saturated carbocycles. The predicted octanol–water partition coefficient (Wildman–Crippen LogP) is 0.838. The lowest BCUT2D eigenvalue weighted by molar-refractivity contribution is -0.117. The number of rotatable bonds is 4. The highest BCUT2D eigenvalue weighted by Crippen LogP contribution is 2.28. The number of amides is 1. The van der Waals surface area contributed by atoms with Gasteiger partial charge < -0.3 is 15.4 Å². The van der Waals surface area contributed by atoms with Crippen molar-refractivity contribution in [2.45, 2.75) is 32.4 Å². The zero-order valence-electron chi connectivity index (χ0n) is 12.4. The Morgan fingerprint density at radius 2 is 2.52 bits per heavy atom. The minimum atomic E-state index is 0.0106. The molecule has 0 spiro atoms. The van der Waals surface area contributed by atoms with Crippen molar-refractivity contribution in [3.63, 3.8) is 0 Å². The fourth-order valence-corrected chi connectivity index (χ4v) is 3.78. The van der Waals surface area contributed by atoms with Crippen LogP contribution in [0.1, 0.15) is 23.9 Å². The van der Waals surface area contributed by atoms with E-state index in [1.807, 2.05) is 0 Å². The Labute approximate surface area is 128 Å². The molecule has 2 N–H and O–H groups in total. The first-order valence-electron chi connectivity index (χ1n) is 7.56. The van der Waals surface area contributed by atoms with Crippen LogP contribution in [0.3, 0.4) is 0 Å². The van der Waals surface area contributed by atoms with E-state index in [0.29, 0.717) is 13.0 Å². The Kier molecular flexibility index (Phi) is 4.84. The van der Waals surface area contributed by atoms with Crippen LogP contribution in [0.2, 0.25) is 0 Å². The van der Waals surface area contributed by atoms with E-state index in [1.54, 1.807) is 11.3 Å². The minimum Gasteiger partial charge on any atom is -0.378 e. The first-order valence-corrected chi connectivity index (χ1v) is 8.38. The maximum Gasteiger partial charge on any atom is 0.227 e. The topological polar surface area (TPSA) is 66.5 Å². The van der Waals surface area contributed by atoms with E-state index >= 15 is 0 Å². The zero-order chi connectivity index (χ0) is 14.7. The molecule has 3 heterocycles.